The number of likely N-dealkylation sites (tertiary alicyclic amines) is 1. The standard InChI is InChI=1S/C13H24N2/c1-10-3-2-4-13(5-10)15-8-11-6-14-7-12(11)9-15/h10-14H,2-9H2,1H3. The zero-order valence-electron chi connectivity index (χ0n) is 9.91. The molecule has 2 heterocycles. The molecule has 3 aliphatic rings. The van der Waals surface area contributed by atoms with E-state index < -0.39 is 0 Å². The average molecular weight is 208 g/mol. The molecule has 15 heavy (non-hydrogen) atoms. The fraction of sp³-hybridized carbons (Fsp3) is 1.00. The molecule has 0 aromatic rings. The Labute approximate surface area is 93.4 Å². The summed E-state index contributed by atoms with van der Waals surface area (Å²) in [4.78, 5) is 2.81. The first-order valence-corrected chi connectivity index (χ1v) is 6.77. The van der Waals surface area contributed by atoms with E-state index in [0.29, 0.717) is 0 Å². The Morgan fingerprint density at radius 1 is 1.07 bits per heavy atom. The van der Waals surface area contributed by atoms with Crippen LogP contribution in [0.2, 0.25) is 0 Å². The van der Waals surface area contributed by atoms with E-state index in [-0.39, 0.29) is 0 Å². The molecule has 86 valence electrons. The number of hydrogen-bond donors (Lipinski definition) is 1. The maximum Gasteiger partial charge on any atom is 0.00980 e. The van der Waals surface area contributed by atoms with E-state index in [2.05, 4.69) is 17.1 Å². The smallest absolute Gasteiger partial charge is 0.00980 e. The summed E-state index contributed by atoms with van der Waals surface area (Å²) in [6.45, 7) is 7.77. The van der Waals surface area contributed by atoms with Gasteiger partial charge in [-0.1, -0.05) is 19.8 Å². The molecule has 3 rings (SSSR count). The van der Waals surface area contributed by atoms with Gasteiger partial charge >= 0.3 is 0 Å². The minimum absolute atomic E-state index is 0.930. The quantitative estimate of drug-likeness (QED) is 0.706. The molecular formula is C13H24N2. The molecule has 0 bridgehead atoms. The summed E-state index contributed by atoms with van der Waals surface area (Å²) in [5.74, 6) is 2.92. The molecule has 3 fully saturated rings. The Hall–Kier alpha value is -0.0800. The Morgan fingerprint density at radius 2 is 1.80 bits per heavy atom. The highest BCUT2D eigenvalue weighted by Gasteiger charge is 2.39. The van der Waals surface area contributed by atoms with Crippen molar-refractivity contribution in [2.75, 3.05) is 26.2 Å². The van der Waals surface area contributed by atoms with Crippen LogP contribution in [0.5, 0.6) is 0 Å². The maximum absolute atomic E-state index is 3.53. The fourth-order valence-electron chi connectivity index (χ4n) is 3.92. The molecular weight excluding hydrogens is 184 g/mol. The number of nitrogens with zero attached hydrogens (tertiary/aromatic N) is 1. The van der Waals surface area contributed by atoms with Crippen LogP contribution in [-0.4, -0.2) is 37.1 Å². The van der Waals surface area contributed by atoms with Crippen molar-refractivity contribution in [3.05, 3.63) is 0 Å². The van der Waals surface area contributed by atoms with Gasteiger partial charge in [0.2, 0.25) is 0 Å². The van der Waals surface area contributed by atoms with Crippen molar-refractivity contribution in [2.24, 2.45) is 17.8 Å². The summed E-state index contributed by atoms with van der Waals surface area (Å²) < 4.78 is 0. The second kappa shape index (κ2) is 4.06. The molecule has 1 aliphatic carbocycles. The minimum atomic E-state index is 0.930. The second-order valence-electron chi connectivity index (χ2n) is 6.06. The summed E-state index contributed by atoms with van der Waals surface area (Å²) in [5.41, 5.74) is 0. The van der Waals surface area contributed by atoms with Gasteiger partial charge in [-0.15, -0.1) is 0 Å². The lowest BCUT2D eigenvalue weighted by Gasteiger charge is -2.34. The lowest BCUT2D eigenvalue weighted by Crippen LogP contribution is -2.38. The van der Waals surface area contributed by atoms with E-state index in [4.69, 9.17) is 0 Å². The van der Waals surface area contributed by atoms with Crippen LogP contribution in [0.25, 0.3) is 0 Å². The van der Waals surface area contributed by atoms with Crippen molar-refractivity contribution < 1.29 is 0 Å². The molecule has 0 aromatic heterocycles. The van der Waals surface area contributed by atoms with Gasteiger partial charge in [-0.2, -0.15) is 0 Å². The van der Waals surface area contributed by atoms with Crippen LogP contribution < -0.4 is 5.32 Å². The lowest BCUT2D eigenvalue weighted by molar-refractivity contribution is 0.154. The Balaban J connectivity index is 1.59. The number of fused-ring (bicyclic) bond motifs is 1. The van der Waals surface area contributed by atoms with Gasteiger partial charge in [0.05, 0.1) is 0 Å². The van der Waals surface area contributed by atoms with Crippen molar-refractivity contribution in [2.45, 2.75) is 38.6 Å². The molecule has 2 saturated heterocycles. The van der Waals surface area contributed by atoms with Gasteiger partial charge in [0.25, 0.3) is 0 Å². The van der Waals surface area contributed by atoms with Crippen LogP contribution >= 0.6 is 0 Å². The van der Waals surface area contributed by atoms with E-state index in [1.807, 2.05) is 0 Å². The number of nitrogens with one attached hydrogen (secondary N) is 1. The fourth-order valence-corrected chi connectivity index (χ4v) is 3.92. The molecule has 4 atom stereocenters. The van der Waals surface area contributed by atoms with Gasteiger partial charge in [0.1, 0.15) is 0 Å². The van der Waals surface area contributed by atoms with Crippen LogP contribution in [0, 0.1) is 17.8 Å². The predicted octanol–water partition coefficient (Wildman–Crippen LogP) is 1.72. The van der Waals surface area contributed by atoms with Crippen molar-refractivity contribution in [1.29, 1.82) is 0 Å². The molecule has 4 unspecified atom stereocenters. The zero-order chi connectivity index (χ0) is 10.3. The van der Waals surface area contributed by atoms with Crippen LogP contribution in [0.3, 0.4) is 0 Å². The normalized spacial score (nSPS) is 47.0. The van der Waals surface area contributed by atoms with Crippen molar-refractivity contribution in [1.82, 2.24) is 10.2 Å². The first-order valence-electron chi connectivity index (χ1n) is 6.77. The molecule has 0 radical (unpaired) electrons. The number of hydrogen-bond acceptors (Lipinski definition) is 2. The third-order valence-corrected chi connectivity index (χ3v) is 4.84. The molecule has 2 nitrogen and oxygen atoms in total. The van der Waals surface area contributed by atoms with E-state index in [1.165, 1.54) is 51.9 Å². The van der Waals surface area contributed by atoms with Gasteiger partial charge in [-0.3, -0.25) is 4.90 Å². The summed E-state index contributed by atoms with van der Waals surface area (Å²) in [5, 5.41) is 3.53. The van der Waals surface area contributed by atoms with Crippen LogP contribution in [-0.2, 0) is 0 Å². The van der Waals surface area contributed by atoms with Crippen LogP contribution in [0.15, 0.2) is 0 Å². The highest BCUT2D eigenvalue weighted by atomic mass is 15.2. The monoisotopic (exact) mass is 208 g/mol. The van der Waals surface area contributed by atoms with E-state index >= 15 is 0 Å². The lowest BCUT2D eigenvalue weighted by atomic mass is 9.86. The van der Waals surface area contributed by atoms with Crippen molar-refractivity contribution in [3.8, 4) is 0 Å². The highest BCUT2D eigenvalue weighted by molar-refractivity contribution is 4.94. The summed E-state index contributed by atoms with van der Waals surface area (Å²) in [6, 6.07) is 0.930. The Morgan fingerprint density at radius 3 is 2.47 bits per heavy atom. The molecule has 2 heteroatoms. The molecule has 0 aromatic carbocycles. The SMILES string of the molecule is CC1CCCC(N2CC3CNCC3C2)C1. The summed E-state index contributed by atoms with van der Waals surface area (Å²) in [6.07, 6.45) is 5.87. The van der Waals surface area contributed by atoms with E-state index in [1.54, 1.807) is 0 Å². The molecule has 2 aliphatic heterocycles. The van der Waals surface area contributed by atoms with Crippen molar-refractivity contribution >= 4 is 0 Å². The molecule has 0 spiro atoms. The van der Waals surface area contributed by atoms with Crippen molar-refractivity contribution in [3.63, 3.8) is 0 Å². The minimum Gasteiger partial charge on any atom is -0.316 e. The largest absolute Gasteiger partial charge is 0.316 e. The molecule has 1 saturated carbocycles. The molecule has 0 amide bonds. The second-order valence-corrected chi connectivity index (χ2v) is 6.06. The van der Waals surface area contributed by atoms with E-state index in [0.717, 1.165) is 23.8 Å². The van der Waals surface area contributed by atoms with E-state index in [9.17, 15) is 0 Å². The van der Waals surface area contributed by atoms with Gasteiger partial charge in [0.15, 0.2) is 0 Å². The first-order chi connectivity index (χ1) is 7.33. The average Bonchev–Trinajstić information content (AvgIpc) is 2.76. The van der Waals surface area contributed by atoms with Gasteiger partial charge < -0.3 is 5.32 Å². The first kappa shape index (κ1) is 10.1. The van der Waals surface area contributed by atoms with Gasteiger partial charge in [-0.25, -0.2) is 0 Å². The third-order valence-electron chi connectivity index (χ3n) is 4.84. The Kier molecular flexibility index (Phi) is 2.73. The third kappa shape index (κ3) is 1.94. The number of rotatable bonds is 1. The summed E-state index contributed by atoms with van der Waals surface area (Å²) in [7, 11) is 0. The predicted molar refractivity (Wildman–Crippen MR) is 62.8 cm³/mol. The topological polar surface area (TPSA) is 15.3 Å². The molecule has 1 N–H and O–H groups in total. The van der Waals surface area contributed by atoms with Gasteiger partial charge in [0, 0.05) is 19.1 Å². The Bertz CT molecular complexity index is 217. The van der Waals surface area contributed by atoms with Gasteiger partial charge in [-0.05, 0) is 43.7 Å². The summed E-state index contributed by atoms with van der Waals surface area (Å²) >= 11 is 0. The highest BCUT2D eigenvalue weighted by Crippen LogP contribution is 2.33. The zero-order valence-corrected chi connectivity index (χ0v) is 9.91. The van der Waals surface area contributed by atoms with Crippen LogP contribution in [0.1, 0.15) is 32.6 Å². The maximum atomic E-state index is 3.53. The van der Waals surface area contributed by atoms with Crippen LogP contribution in [0.4, 0.5) is 0 Å².